The molecule has 0 unspecified atom stereocenters. The number of aryl methyl sites for hydroxylation is 1. The van der Waals surface area contributed by atoms with Crippen molar-refractivity contribution in [3.63, 3.8) is 0 Å². The number of imidazole rings is 1. The maximum Gasteiger partial charge on any atom is 0.243 e. The van der Waals surface area contributed by atoms with Crippen LogP contribution in [0.15, 0.2) is 18.7 Å². The molecule has 0 spiro atoms. The van der Waals surface area contributed by atoms with Crippen LogP contribution in [0.25, 0.3) is 0 Å². The summed E-state index contributed by atoms with van der Waals surface area (Å²) in [5.41, 5.74) is 0. The van der Waals surface area contributed by atoms with Gasteiger partial charge in [0.05, 0.1) is 13.2 Å². The van der Waals surface area contributed by atoms with Crippen LogP contribution in [0.5, 0.6) is 0 Å². The standard InChI is InChI=1S/C11H21N2O2/c14-9-4-2-1-3-5-12-6-7-13(11-12)8-10-15/h6-7,11,14-15H,1-5,8-10H2/q+1. The van der Waals surface area contributed by atoms with Crippen LogP contribution in [0.1, 0.15) is 25.7 Å². The van der Waals surface area contributed by atoms with E-state index in [2.05, 4.69) is 4.57 Å². The largest absolute Gasteiger partial charge is 0.396 e. The van der Waals surface area contributed by atoms with Crippen molar-refractivity contribution in [2.75, 3.05) is 13.2 Å². The smallest absolute Gasteiger partial charge is 0.243 e. The molecule has 15 heavy (non-hydrogen) atoms. The van der Waals surface area contributed by atoms with Gasteiger partial charge in [0, 0.05) is 6.61 Å². The number of aliphatic hydroxyl groups is 2. The third-order valence-corrected chi connectivity index (χ3v) is 2.43. The number of nitrogens with zero attached hydrogens (tertiary/aromatic N) is 2. The SMILES string of the molecule is OCCCCCC[n+]1ccn(CCO)c1. The van der Waals surface area contributed by atoms with Gasteiger partial charge < -0.3 is 10.2 Å². The lowest BCUT2D eigenvalue weighted by atomic mass is 10.2. The Morgan fingerprint density at radius 1 is 1.00 bits per heavy atom. The van der Waals surface area contributed by atoms with Crippen LogP contribution < -0.4 is 4.57 Å². The highest BCUT2D eigenvalue weighted by Crippen LogP contribution is 1.98. The Bertz CT molecular complexity index is 261. The van der Waals surface area contributed by atoms with Crippen LogP contribution in [-0.4, -0.2) is 28.0 Å². The van der Waals surface area contributed by atoms with Gasteiger partial charge >= 0.3 is 0 Å². The minimum absolute atomic E-state index is 0.186. The molecule has 0 amide bonds. The molecule has 0 aliphatic rings. The van der Waals surface area contributed by atoms with E-state index in [0.29, 0.717) is 13.2 Å². The maximum atomic E-state index is 8.75. The summed E-state index contributed by atoms with van der Waals surface area (Å²) in [6, 6.07) is 0. The Kier molecular flexibility index (Phi) is 6.04. The van der Waals surface area contributed by atoms with Crippen molar-refractivity contribution in [3.8, 4) is 0 Å². The van der Waals surface area contributed by atoms with Crippen molar-refractivity contribution in [2.24, 2.45) is 0 Å². The summed E-state index contributed by atoms with van der Waals surface area (Å²) < 4.78 is 4.11. The molecule has 0 radical (unpaired) electrons. The third kappa shape index (κ3) is 4.95. The zero-order chi connectivity index (χ0) is 10.9. The fourth-order valence-corrected chi connectivity index (χ4v) is 1.58. The van der Waals surface area contributed by atoms with E-state index < -0.39 is 0 Å². The highest BCUT2D eigenvalue weighted by Gasteiger charge is 2.01. The first-order valence-electron chi connectivity index (χ1n) is 5.63. The average molecular weight is 213 g/mol. The number of aliphatic hydroxyl groups excluding tert-OH is 2. The van der Waals surface area contributed by atoms with Gasteiger partial charge in [-0.2, -0.15) is 0 Å². The van der Waals surface area contributed by atoms with E-state index in [1.165, 1.54) is 6.42 Å². The Morgan fingerprint density at radius 2 is 1.80 bits per heavy atom. The summed E-state index contributed by atoms with van der Waals surface area (Å²) in [5.74, 6) is 0. The molecule has 0 aromatic carbocycles. The zero-order valence-electron chi connectivity index (χ0n) is 9.18. The number of aromatic nitrogens is 2. The van der Waals surface area contributed by atoms with Gasteiger partial charge in [0.15, 0.2) is 0 Å². The topological polar surface area (TPSA) is 49.3 Å². The van der Waals surface area contributed by atoms with Gasteiger partial charge in [-0.25, -0.2) is 9.13 Å². The Morgan fingerprint density at radius 3 is 2.53 bits per heavy atom. The number of hydrogen-bond acceptors (Lipinski definition) is 2. The molecule has 0 aliphatic heterocycles. The van der Waals surface area contributed by atoms with Crippen LogP contribution >= 0.6 is 0 Å². The summed E-state index contributed by atoms with van der Waals surface area (Å²) in [6.07, 6.45) is 10.4. The Balaban J connectivity index is 2.14. The van der Waals surface area contributed by atoms with Crippen LogP contribution in [0, 0.1) is 0 Å². The van der Waals surface area contributed by atoms with Gasteiger partial charge in [0.2, 0.25) is 6.33 Å². The predicted molar refractivity (Wildman–Crippen MR) is 57.3 cm³/mol. The van der Waals surface area contributed by atoms with Crippen molar-refractivity contribution in [2.45, 2.75) is 38.8 Å². The molecular formula is C11H21N2O2+. The van der Waals surface area contributed by atoms with Crippen molar-refractivity contribution in [1.29, 1.82) is 0 Å². The Hall–Kier alpha value is -0.870. The quantitative estimate of drug-likeness (QED) is 0.482. The van der Waals surface area contributed by atoms with Crippen LogP contribution in [-0.2, 0) is 13.1 Å². The zero-order valence-corrected chi connectivity index (χ0v) is 9.18. The van der Waals surface area contributed by atoms with Crippen LogP contribution in [0.4, 0.5) is 0 Å². The molecule has 0 atom stereocenters. The van der Waals surface area contributed by atoms with E-state index in [-0.39, 0.29) is 6.61 Å². The molecule has 1 aromatic rings. The lowest BCUT2D eigenvalue weighted by Crippen LogP contribution is -2.30. The van der Waals surface area contributed by atoms with Crippen molar-refractivity contribution < 1.29 is 14.8 Å². The molecule has 2 N–H and O–H groups in total. The van der Waals surface area contributed by atoms with E-state index >= 15 is 0 Å². The van der Waals surface area contributed by atoms with Gasteiger partial charge in [-0.15, -0.1) is 0 Å². The second-order valence-corrected chi connectivity index (χ2v) is 3.75. The van der Waals surface area contributed by atoms with E-state index in [9.17, 15) is 0 Å². The van der Waals surface area contributed by atoms with Crippen molar-refractivity contribution in [1.82, 2.24) is 4.57 Å². The van der Waals surface area contributed by atoms with Crippen molar-refractivity contribution >= 4 is 0 Å². The van der Waals surface area contributed by atoms with E-state index in [1.807, 2.05) is 23.3 Å². The van der Waals surface area contributed by atoms with Crippen molar-refractivity contribution in [3.05, 3.63) is 18.7 Å². The van der Waals surface area contributed by atoms with E-state index in [0.717, 1.165) is 25.8 Å². The van der Waals surface area contributed by atoms with E-state index in [4.69, 9.17) is 10.2 Å². The maximum absolute atomic E-state index is 8.75. The number of hydrogen-bond donors (Lipinski definition) is 2. The number of unbranched alkanes of at least 4 members (excludes halogenated alkanes) is 3. The molecule has 1 heterocycles. The van der Waals surface area contributed by atoms with Gasteiger partial charge in [-0.05, 0) is 19.3 Å². The van der Waals surface area contributed by atoms with E-state index in [1.54, 1.807) is 0 Å². The first-order valence-corrected chi connectivity index (χ1v) is 5.63. The van der Waals surface area contributed by atoms with Crippen LogP contribution in [0.2, 0.25) is 0 Å². The minimum atomic E-state index is 0.186. The number of rotatable bonds is 8. The highest BCUT2D eigenvalue weighted by molar-refractivity contribution is 4.65. The summed E-state index contributed by atoms with van der Waals surface area (Å²) in [6.45, 7) is 2.17. The summed E-state index contributed by atoms with van der Waals surface area (Å²) in [5, 5.41) is 17.4. The molecule has 0 bridgehead atoms. The molecule has 0 aliphatic carbocycles. The second-order valence-electron chi connectivity index (χ2n) is 3.75. The average Bonchev–Trinajstić information content (AvgIpc) is 2.66. The Labute approximate surface area is 90.8 Å². The lowest BCUT2D eigenvalue weighted by Gasteiger charge is -1.97. The third-order valence-electron chi connectivity index (χ3n) is 2.43. The summed E-state index contributed by atoms with van der Waals surface area (Å²) in [4.78, 5) is 0. The molecule has 4 heteroatoms. The van der Waals surface area contributed by atoms with Crippen LogP contribution in [0.3, 0.4) is 0 Å². The summed E-state index contributed by atoms with van der Waals surface area (Å²) in [7, 11) is 0. The van der Waals surface area contributed by atoms with Gasteiger partial charge in [0.25, 0.3) is 0 Å². The molecule has 0 saturated heterocycles. The lowest BCUT2D eigenvalue weighted by molar-refractivity contribution is -0.696. The molecule has 0 saturated carbocycles. The van der Waals surface area contributed by atoms with Gasteiger partial charge in [-0.1, -0.05) is 6.42 Å². The predicted octanol–water partition coefficient (Wildman–Crippen LogP) is 0.321. The monoisotopic (exact) mass is 213 g/mol. The van der Waals surface area contributed by atoms with Gasteiger partial charge in [0.1, 0.15) is 18.9 Å². The minimum Gasteiger partial charge on any atom is -0.396 e. The first kappa shape index (κ1) is 12.2. The fourth-order valence-electron chi connectivity index (χ4n) is 1.58. The fraction of sp³-hybridized carbons (Fsp3) is 0.727. The second kappa shape index (κ2) is 7.43. The first-order chi connectivity index (χ1) is 7.36. The normalized spacial score (nSPS) is 10.8. The molecular weight excluding hydrogens is 192 g/mol. The molecule has 0 fully saturated rings. The molecule has 1 rings (SSSR count). The summed E-state index contributed by atoms with van der Waals surface area (Å²) >= 11 is 0. The highest BCUT2D eigenvalue weighted by atomic mass is 16.3. The molecule has 1 aromatic heterocycles. The molecule has 86 valence electrons. The molecule has 4 nitrogen and oxygen atoms in total. The van der Waals surface area contributed by atoms with Gasteiger partial charge in [-0.3, -0.25) is 0 Å².